The Labute approximate surface area is 161 Å². The second-order valence-corrected chi connectivity index (χ2v) is 9.71. The molecule has 1 heterocycles. The summed E-state index contributed by atoms with van der Waals surface area (Å²) in [5.41, 5.74) is 11.3. The first-order chi connectivity index (χ1) is 12.7. The summed E-state index contributed by atoms with van der Waals surface area (Å²) in [7, 11) is 0. The third-order valence-electron chi connectivity index (χ3n) is 6.97. The minimum Gasteiger partial charge on any atom is -0.323 e. The van der Waals surface area contributed by atoms with Gasteiger partial charge in [-0.2, -0.15) is 0 Å². The molecule has 0 radical (unpaired) electrons. The maximum atomic E-state index is 6.71. The Hall–Kier alpha value is -1.32. The van der Waals surface area contributed by atoms with Gasteiger partial charge in [-0.15, -0.1) is 11.8 Å². The fourth-order valence-electron chi connectivity index (χ4n) is 5.04. The number of rotatable bonds is 4. The minimum atomic E-state index is 0.221. The standard InChI is InChI=1S/C23H28N2S/c24-22-20-4-2-1-3-18(20)13-23(22)11-9-17(10-12-23)19-7-8-21(25-14-19)26-15-16-5-6-16/h1-4,7-8,14,16-17,22H,5-6,9-13,15,24H2/t17-,22-,23+/m0/s1. The van der Waals surface area contributed by atoms with E-state index in [1.807, 2.05) is 11.8 Å². The molecule has 1 spiro atoms. The van der Waals surface area contributed by atoms with Crippen molar-refractivity contribution in [2.24, 2.45) is 17.1 Å². The predicted molar refractivity (Wildman–Crippen MR) is 108 cm³/mol. The van der Waals surface area contributed by atoms with Gasteiger partial charge in [-0.1, -0.05) is 30.3 Å². The summed E-state index contributed by atoms with van der Waals surface area (Å²) in [4.78, 5) is 4.73. The van der Waals surface area contributed by atoms with E-state index in [4.69, 9.17) is 10.7 Å². The number of nitrogens with two attached hydrogens (primary N) is 1. The third kappa shape index (κ3) is 3.10. The van der Waals surface area contributed by atoms with Gasteiger partial charge in [0.15, 0.2) is 0 Å². The van der Waals surface area contributed by atoms with Crippen LogP contribution in [0.1, 0.15) is 67.2 Å². The Morgan fingerprint density at radius 3 is 2.54 bits per heavy atom. The number of nitrogens with zero attached hydrogens (tertiary/aromatic N) is 1. The zero-order chi connectivity index (χ0) is 17.6. The Morgan fingerprint density at radius 1 is 1.04 bits per heavy atom. The maximum absolute atomic E-state index is 6.71. The van der Waals surface area contributed by atoms with Crippen LogP contribution in [0.4, 0.5) is 0 Å². The van der Waals surface area contributed by atoms with Gasteiger partial charge in [0, 0.05) is 18.0 Å². The van der Waals surface area contributed by atoms with Crippen LogP contribution < -0.4 is 5.73 Å². The van der Waals surface area contributed by atoms with Crippen molar-refractivity contribution >= 4 is 11.8 Å². The summed E-state index contributed by atoms with van der Waals surface area (Å²) in [6.07, 6.45) is 11.1. The number of thioether (sulfide) groups is 1. The average molecular weight is 365 g/mol. The molecule has 0 amide bonds. The summed E-state index contributed by atoms with van der Waals surface area (Å²) in [5.74, 6) is 2.86. The van der Waals surface area contributed by atoms with E-state index < -0.39 is 0 Å². The summed E-state index contributed by atoms with van der Waals surface area (Å²) in [5, 5.41) is 1.20. The zero-order valence-electron chi connectivity index (χ0n) is 15.4. The molecule has 2 aromatic rings. The Kier molecular flexibility index (Phi) is 4.33. The molecular formula is C23H28N2S. The quantitative estimate of drug-likeness (QED) is 0.730. The van der Waals surface area contributed by atoms with Crippen molar-refractivity contribution in [1.29, 1.82) is 0 Å². The molecule has 0 unspecified atom stereocenters. The van der Waals surface area contributed by atoms with E-state index in [2.05, 4.69) is 42.6 Å². The molecule has 1 atom stereocenters. The van der Waals surface area contributed by atoms with Gasteiger partial charge in [0.1, 0.15) is 0 Å². The van der Waals surface area contributed by atoms with E-state index in [1.54, 1.807) is 0 Å². The molecule has 5 rings (SSSR count). The molecule has 2 nitrogen and oxygen atoms in total. The third-order valence-corrected chi connectivity index (χ3v) is 8.14. The van der Waals surface area contributed by atoms with Gasteiger partial charge < -0.3 is 5.73 Å². The average Bonchev–Trinajstić information content (AvgIpc) is 3.48. The van der Waals surface area contributed by atoms with Gasteiger partial charge in [0.25, 0.3) is 0 Å². The number of hydrogen-bond acceptors (Lipinski definition) is 3. The lowest BCUT2D eigenvalue weighted by molar-refractivity contribution is 0.149. The van der Waals surface area contributed by atoms with Crippen LogP contribution in [0.2, 0.25) is 0 Å². The van der Waals surface area contributed by atoms with Crippen LogP contribution in [0, 0.1) is 11.3 Å². The molecule has 136 valence electrons. The van der Waals surface area contributed by atoms with E-state index in [-0.39, 0.29) is 6.04 Å². The van der Waals surface area contributed by atoms with Crippen LogP contribution in [0.15, 0.2) is 47.6 Å². The number of aromatic nitrogens is 1. The van der Waals surface area contributed by atoms with Crippen LogP contribution in [0.3, 0.4) is 0 Å². The molecule has 1 aromatic carbocycles. The van der Waals surface area contributed by atoms with Gasteiger partial charge in [0.2, 0.25) is 0 Å². The molecule has 0 saturated heterocycles. The highest BCUT2D eigenvalue weighted by molar-refractivity contribution is 7.99. The molecule has 3 heteroatoms. The smallest absolute Gasteiger partial charge is 0.0960 e. The fraction of sp³-hybridized carbons (Fsp3) is 0.522. The highest BCUT2D eigenvalue weighted by Crippen LogP contribution is 2.55. The molecule has 3 aliphatic rings. The van der Waals surface area contributed by atoms with E-state index >= 15 is 0 Å². The molecule has 0 aliphatic heterocycles. The van der Waals surface area contributed by atoms with Gasteiger partial charge in [0.05, 0.1) is 5.03 Å². The predicted octanol–water partition coefficient (Wildman–Crippen LogP) is 5.48. The van der Waals surface area contributed by atoms with E-state index in [0.29, 0.717) is 11.3 Å². The first-order valence-corrected chi connectivity index (χ1v) is 11.1. The molecular weight excluding hydrogens is 336 g/mol. The number of benzene rings is 1. The SMILES string of the molecule is N[C@H]1c2ccccc2C[C@]12CC[C@H](c1ccc(SCC3CC3)nc1)CC2. The first kappa shape index (κ1) is 16.8. The Balaban J connectivity index is 1.23. The molecule has 2 fully saturated rings. The summed E-state index contributed by atoms with van der Waals surface area (Å²) in [6, 6.07) is 13.6. The van der Waals surface area contributed by atoms with Crippen molar-refractivity contribution in [2.45, 2.75) is 61.9 Å². The topological polar surface area (TPSA) is 38.9 Å². The van der Waals surface area contributed by atoms with E-state index in [1.165, 1.54) is 72.4 Å². The van der Waals surface area contributed by atoms with E-state index in [9.17, 15) is 0 Å². The monoisotopic (exact) mass is 364 g/mol. The zero-order valence-corrected chi connectivity index (χ0v) is 16.2. The maximum Gasteiger partial charge on any atom is 0.0960 e. The Bertz CT molecular complexity index is 773. The van der Waals surface area contributed by atoms with Crippen molar-refractivity contribution in [2.75, 3.05) is 5.75 Å². The largest absolute Gasteiger partial charge is 0.323 e. The summed E-state index contributed by atoms with van der Waals surface area (Å²) >= 11 is 1.93. The molecule has 2 N–H and O–H groups in total. The van der Waals surface area contributed by atoms with Crippen molar-refractivity contribution in [3.05, 3.63) is 59.3 Å². The van der Waals surface area contributed by atoms with Crippen molar-refractivity contribution in [3.63, 3.8) is 0 Å². The number of fused-ring (bicyclic) bond motifs is 1. The van der Waals surface area contributed by atoms with Gasteiger partial charge in [-0.25, -0.2) is 4.98 Å². The second kappa shape index (κ2) is 6.69. The van der Waals surface area contributed by atoms with Gasteiger partial charge in [-0.05, 0) is 85.0 Å². The number of pyridine rings is 1. The molecule has 3 aliphatic carbocycles. The number of hydrogen-bond donors (Lipinski definition) is 1. The molecule has 0 bridgehead atoms. The fourth-order valence-corrected chi connectivity index (χ4v) is 6.07. The normalized spacial score (nSPS) is 30.5. The highest BCUT2D eigenvalue weighted by atomic mass is 32.2. The lowest BCUT2D eigenvalue weighted by atomic mass is 9.66. The summed E-state index contributed by atoms with van der Waals surface area (Å²) in [6.45, 7) is 0. The first-order valence-electron chi connectivity index (χ1n) is 10.2. The van der Waals surface area contributed by atoms with Crippen LogP contribution in [-0.2, 0) is 6.42 Å². The van der Waals surface area contributed by atoms with E-state index in [0.717, 1.165) is 5.92 Å². The molecule has 1 aromatic heterocycles. The van der Waals surface area contributed by atoms with Crippen molar-refractivity contribution in [3.8, 4) is 0 Å². The van der Waals surface area contributed by atoms with Gasteiger partial charge in [-0.3, -0.25) is 0 Å². The van der Waals surface area contributed by atoms with Crippen LogP contribution in [-0.4, -0.2) is 10.7 Å². The lowest BCUT2D eigenvalue weighted by Gasteiger charge is -2.40. The minimum absolute atomic E-state index is 0.221. The molecule has 2 saturated carbocycles. The van der Waals surface area contributed by atoms with Gasteiger partial charge >= 0.3 is 0 Å². The Morgan fingerprint density at radius 2 is 1.85 bits per heavy atom. The summed E-state index contributed by atoms with van der Waals surface area (Å²) < 4.78 is 0. The van der Waals surface area contributed by atoms with Crippen LogP contribution in [0.25, 0.3) is 0 Å². The van der Waals surface area contributed by atoms with Crippen LogP contribution >= 0.6 is 11.8 Å². The van der Waals surface area contributed by atoms with Crippen molar-refractivity contribution in [1.82, 2.24) is 4.98 Å². The lowest BCUT2D eigenvalue weighted by Crippen LogP contribution is -2.35. The molecule has 26 heavy (non-hydrogen) atoms. The second-order valence-electron chi connectivity index (χ2n) is 8.67. The highest BCUT2D eigenvalue weighted by Gasteiger charge is 2.46. The van der Waals surface area contributed by atoms with Crippen LogP contribution in [0.5, 0.6) is 0 Å². The van der Waals surface area contributed by atoms with Crippen molar-refractivity contribution < 1.29 is 0 Å².